The summed E-state index contributed by atoms with van der Waals surface area (Å²) >= 11 is 1.36. The number of rotatable bonds is 7. The van der Waals surface area contributed by atoms with Crippen LogP contribution >= 0.6 is 11.8 Å². The van der Waals surface area contributed by atoms with Crippen LogP contribution < -0.4 is 10.1 Å². The summed E-state index contributed by atoms with van der Waals surface area (Å²) in [7, 11) is 1.60. The van der Waals surface area contributed by atoms with Gasteiger partial charge >= 0.3 is 0 Å². The summed E-state index contributed by atoms with van der Waals surface area (Å²) in [6, 6.07) is 13.7. The average molecular weight is 346 g/mol. The Morgan fingerprint density at radius 2 is 2.00 bits per heavy atom. The lowest BCUT2D eigenvalue weighted by molar-refractivity contribution is -0.384. The van der Waals surface area contributed by atoms with E-state index in [0.29, 0.717) is 6.54 Å². The molecule has 6 nitrogen and oxygen atoms in total. The first-order valence-corrected chi connectivity index (χ1v) is 8.19. The topological polar surface area (TPSA) is 81.5 Å². The predicted molar refractivity (Wildman–Crippen MR) is 93.3 cm³/mol. The number of amides is 1. The van der Waals surface area contributed by atoms with Gasteiger partial charge < -0.3 is 10.1 Å². The molecule has 1 atom stereocenters. The minimum atomic E-state index is -0.446. The summed E-state index contributed by atoms with van der Waals surface area (Å²) in [6.07, 6.45) is 0. The lowest BCUT2D eigenvalue weighted by Crippen LogP contribution is -2.30. The molecule has 2 aromatic carbocycles. The van der Waals surface area contributed by atoms with Gasteiger partial charge in [0.05, 0.1) is 17.3 Å². The summed E-state index contributed by atoms with van der Waals surface area (Å²) in [4.78, 5) is 23.2. The molecule has 0 saturated heterocycles. The molecule has 0 aliphatic rings. The lowest BCUT2D eigenvalue weighted by atomic mass is 10.2. The van der Waals surface area contributed by atoms with Crippen molar-refractivity contribution in [3.63, 3.8) is 0 Å². The third kappa shape index (κ3) is 4.99. The maximum Gasteiger partial charge on any atom is 0.269 e. The molecule has 0 bridgehead atoms. The SMILES string of the molecule is COc1cccc(CNC(=O)[C@H](C)Sc2ccc([N+](=O)[O-])cc2)c1. The van der Waals surface area contributed by atoms with E-state index in [1.54, 1.807) is 26.2 Å². The number of carbonyl (C=O) groups excluding carboxylic acids is 1. The van der Waals surface area contributed by atoms with Crippen molar-refractivity contribution in [2.75, 3.05) is 7.11 Å². The van der Waals surface area contributed by atoms with Gasteiger partial charge in [-0.1, -0.05) is 12.1 Å². The summed E-state index contributed by atoms with van der Waals surface area (Å²) in [5.74, 6) is 0.649. The van der Waals surface area contributed by atoms with E-state index < -0.39 is 4.92 Å². The van der Waals surface area contributed by atoms with Crippen LogP contribution in [0.5, 0.6) is 5.75 Å². The summed E-state index contributed by atoms with van der Waals surface area (Å²) in [5.41, 5.74) is 0.990. The highest BCUT2D eigenvalue weighted by Gasteiger charge is 2.15. The molecule has 2 aromatic rings. The largest absolute Gasteiger partial charge is 0.497 e. The Morgan fingerprint density at radius 3 is 2.62 bits per heavy atom. The van der Waals surface area contributed by atoms with Crippen molar-refractivity contribution >= 4 is 23.4 Å². The van der Waals surface area contributed by atoms with E-state index in [4.69, 9.17) is 4.74 Å². The second-order valence-electron chi connectivity index (χ2n) is 5.08. The Morgan fingerprint density at radius 1 is 1.29 bits per heavy atom. The van der Waals surface area contributed by atoms with Crippen molar-refractivity contribution in [3.05, 3.63) is 64.2 Å². The molecule has 7 heteroatoms. The number of hydrogen-bond donors (Lipinski definition) is 1. The highest BCUT2D eigenvalue weighted by molar-refractivity contribution is 8.00. The van der Waals surface area contributed by atoms with Crippen LogP contribution in [-0.2, 0) is 11.3 Å². The van der Waals surface area contributed by atoms with Crippen molar-refractivity contribution in [3.8, 4) is 5.75 Å². The van der Waals surface area contributed by atoms with Gasteiger partial charge in [-0.15, -0.1) is 11.8 Å². The molecular weight excluding hydrogens is 328 g/mol. The Hall–Kier alpha value is -2.54. The molecule has 2 rings (SSSR count). The molecular formula is C17H18N2O4S. The molecule has 1 amide bonds. The normalized spacial score (nSPS) is 11.6. The van der Waals surface area contributed by atoms with E-state index >= 15 is 0 Å². The second kappa shape index (κ2) is 8.35. The smallest absolute Gasteiger partial charge is 0.269 e. The van der Waals surface area contributed by atoms with Gasteiger partial charge in [0, 0.05) is 23.6 Å². The number of nitro groups is 1. The molecule has 0 unspecified atom stereocenters. The maximum atomic E-state index is 12.2. The first-order valence-electron chi connectivity index (χ1n) is 7.31. The molecule has 0 aliphatic carbocycles. The van der Waals surface area contributed by atoms with E-state index in [1.807, 2.05) is 24.3 Å². The molecule has 0 saturated carbocycles. The molecule has 24 heavy (non-hydrogen) atoms. The summed E-state index contributed by atoms with van der Waals surface area (Å²) in [6.45, 7) is 2.22. The summed E-state index contributed by atoms with van der Waals surface area (Å²) in [5, 5.41) is 13.2. The van der Waals surface area contributed by atoms with E-state index in [-0.39, 0.29) is 16.8 Å². The first kappa shape index (κ1) is 17.8. The van der Waals surface area contributed by atoms with Crippen molar-refractivity contribution in [2.45, 2.75) is 23.6 Å². The van der Waals surface area contributed by atoms with Gasteiger partial charge in [-0.3, -0.25) is 14.9 Å². The maximum absolute atomic E-state index is 12.2. The van der Waals surface area contributed by atoms with E-state index in [9.17, 15) is 14.9 Å². The third-order valence-corrected chi connectivity index (χ3v) is 4.44. The molecule has 0 radical (unpaired) electrons. The quantitative estimate of drug-likeness (QED) is 0.472. The van der Waals surface area contributed by atoms with Gasteiger partial charge in [-0.05, 0) is 36.8 Å². The zero-order chi connectivity index (χ0) is 17.5. The molecule has 0 heterocycles. The van der Waals surface area contributed by atoms with Crippen molar-refractivity contribution in [2.24, 2.45) is 0 Å². The number of carbonyl (C=O) groups is 1. The number of methoxy groups -OCH3 is 1. The number of nitrogens with one attached hydrogen (secondary N) is 1. The van der Waals surface area contributed by atoms with Crippen LogP contribution in [0.25, 0.3) is 0 Å². The Balaban J connectivity index is 1.88. The number of thioether (sulfide) groups is 1. The first-order chi connectivity index (χ1) is 11.5. The minimum absolute atomic E-state index is 0.0366. The third-order valence-electron chi connectivity index (χ3n) is 3.33. The fourth-order valence-corrected chi connectivity index (χ4v) is 2.91. The highest BCUT2D eigenvalue weighted by Crippen LogP contribution is 2.25. The fraction of sp³-hybridized carbons (Fsp3) is 0.235. The van der Waals surface area contributed by atoms with E-state index in [0.717, 1.165) is 16.2 Å². The van der Waals surface area contributed by atoms with Gasteiger partial charge in [0.1, 0.15) is 5.75 Å². The predicted octanol–water partition coefficient (Wildman–Crippen LogP) is 3.40. The molecule has 0 spiro atoms. The Kier molecular flexibility index (Phi) is 6.20. The van der Waals surface area contributed by atoms with Crippen molar-refractivity contribution < 1.29 is 14.5 Å². The fourth-order valence-electron chi connectivity index (χ4n) is 2.02. The number of benzene rings is 2. The highest BCUT2D eigenvalue weighted by atomic mass is 32.2. The average Bonchev–Trinajstić information content (AvgIpc) is 2.60. The number of hydrogen-bond acceptors (Lipinski definition) is 5. The molecule has 0 fully saturated rings. The Bertz CT molecular complexity index is 719. The number of nitrogens with zero attached hydrogens (tertiary/aromatic N) is 1. The van der Waals surface area contributed by atoms with Crippen molar-refractivity contribution in [1.29, 1.82) is 0 Å². The van der Waals surface area contributed by atoms with Crippen LogP contribution in [0.3, 0.4) is 0 Å². The van der Waals surface area contributed by atoms with Crippen LogP contribution in [0.15, 0.2) is 53.4 Å². The van der Waals surface area contributed by atoms with Gasteiger partial charge in [0.2, 0.25) is 5.91 Å². The van der Waals surface area contributed by atoms with Gasteiger partial charge in [0.15, 0.2) is 0 Å². The molecule has 1 N–H and O–H groups in total. The van der Waals surface area contributed by atoms with E-state index in [2.05, 4.69) is 5.32 Å². The zero-order valence-corrected chi connectivity index (χ0v) is 14.2. The lowest BCUT2D eigenvalue weighted by Gasteiger charge is -2.12. The van der Waals surface area contributed by atoms with Crippen LogP contribution in [0.2, 0.25) is 0 Å². The van der Waals surface area contributed by atoms with Gasteiger partial charge in [-0.25, -0.2) is 0 Å². The monoisotopic (exact) mass is 346 g/mol. The minimum Gasteiger partial charge on any atom is -0.497 e. The number of ether oxygens (including phenoxy) is 1. The number of nitro benzene ring substituents is 1. The standard InChI is InChI=1S/C17H18N2O4S/c1-12(24-16-8-6-14(7-9-16)19(21)22)17(20)18-11-13-4-3-5-15(10-13)23-2/h3-10,12H,11H2,1-2H3,(H,18,20)/t12-/m0/s1. The number of non-ortho nitro benzene ring substituents is 1. The van der Waals surface area contributed by atoms with Gasteiger partial charge in [0.25, 0.3) is 5.69 Å². The van der Waals surface area contributed by atoms with Crippen molar-refractivity contribution in [1.82, 2.24) is 5.32 Å². The zero-order valence-electron chi connectivity index (χ0n) is 13.4. The van der Waals surface area contributed by atoms with E-state index in [1.165, 1.54) is 23.9 Å². The molecule has 126 valence electrons. The van der Waals surface area contributed by atoms with Gasteiger partial charge in [-0.2, -0.15) is 0 Å². The van der Waals surface area contributed by atoms with Crippen LogP contribution in [0, 0.1) is 10.1 Å². The van der Waals surface area contributed by atoms with Crippen LogP contribution in [-0.4, -0.2) is 23.2 Å². The van der Waals surface area contributed by atoms with Crippen LogP contribution in [0.4, 0.5) is 5.69 Å². The summed E-state index contributed by atoms with van der Waals surface area (Å²) < 4.78 is 5.15. The van der Waals surface area contributed by atoms with Crippen LogP contribution in [0.1, 0.15) is 12.5 Å². The second-order valence-corrected chi connectivity index (χ2v) is 6.49. The molecule has 0 aliphatic heterocycles. The Labute approximate surface area is 144 Å². The molecule has 0 aromatic heterocycles.